The topological polar surface area (TPSA) is 60.4 Å². The number of morpholine rings is 1. The van der Waals surface area contributed by atoms with E-state index in [1.54, 1.807) is 0 Å². The van der Waals surface area contributed by atoms with E-state index >= 15 is 0 Å². The first-order valence-electron chi connectivity index (χ1n) is 10.9. The molecule has 1 N–H and O–H groups in total. The molecule has 2 aliphatic rings. The van der Waals surface area contributed by atoms with E-state index in [0.717, 1.165) is 63.9 Å². The number of likely N-dealkylation sites (tertiary alicyclic amines) is 1. The Hall–Kier alpha value is -2.12. The van der Waals surface area contributed by atoms with E-state index in [2.05, 4.69) is 39.2 Å². The van der Waals surface area contributed by atoms with Gasteiger partial charge in [-0.15, -0.1) is 0 Å². The van der Waals surface area contributed by atoms with Crippen LogP contribution in [-0.4, -0.2) is 91.6 Å². The number of carbonyl (C=O) groups excluding carboxylic acids is 1. The molecule has 3 rings (SSSR count). The van der Waals surface area contributed by atoms with Crippen LogP contribution in [0.3, 0.4) is 0 Å². The number of nitrogens with zero attached hydrogens (tertiary/aromatic N) is 4. The number of rotatable bonds is 7. The molecule has 2 fully saturated rings. The zero-order valence-electron chi connectivity index (χ0n) is 17.8. The molecule has 2 heterocycles. The standard InChI is InChI=1S/C22H35N5O2/c1-3-23-22(27-11-10-20(18-27)26-12-14-29-15-13-26)24-16-21(28)25(4-2)17-19-8-6-5-7-9-19/h5-9,20H,3-4,10-18H2,1-2H3,(H,23,24). The Balaban J connectivity index is 1.57. The predicted molar refractivity (Wildman–Crippen MR) is 116 cm³/mol. The highest BCUT2D eigenvalue weighted by atomic mass is 16.5. The molecule has 0 bridgehead atoms. The zero-order chi connectivity index (χ0) is 20.5. The van der Waals surface area contributed by atoms with E-state index in [1.165, 1.54) is 0 Å². The zero-order valence-corrected chi connectivity index (χ0v) is 17.8. The van der Waals surface area contributed by atoms with Crippen molar-refractivity contribution in [1.29, 1.82) is 0 Å². The van der Waals surface area contributed by atoms with Crippen LogP contribution in [0.15, 0.2) is 35.3 Å². The minimum absolute atomic E-state index is 0.0654. The van der Waals surface area contributed by atoms with Crippen LogP contribution < -0.4 is 5.32 Å². The Bertz CT molecular complexity index is 660. The van der Waals surface area contributed by atoms with Crippen molar-refractivity contribution in [1.82, 2.24) is 20.0 Å². The first kappa shape index (κ1) is 21.6. The molecule has 0 spiro atoms. The molecule has 1 amide bonds. The van der Waals surface area contributed by atoms with Gasteiger partial charge in [-0.05, 0) is 25.8 Å². The summed E-state index contributed by atoms with van der Waals surface area (Å²) in [6, 6.07) is 10.7. The maximum absolute atomic E-state index is 12.8. The number of ether oxygens (including phenoxy) is 1. The van der Waals surface area contributed by atoms with Gasteiger partial charge in [-0.2, -0.15) is 0 Å². The third-order valence-corrected chi connectivity index (χ3v) is 5.67. The van der Waals surface area contributed by atoms with Gasteiger partial charge in [-0.1, -0.05) is 30.3 Å². The fraction of sp³-hybridized carbons (Fsp3) is 0.636. The second kappa shape index (κ2) is 11.2. The summed E-state index contributed by atoms with van der Waals surface area (Å²) in [4.78, 5) is 24.1. The number of benzene rings is 1. The molecular formula is C22H35N5O2. The third kappa shape index (κ3) is 6.18. The number of likely N-dealkylation sites (N-methyl/N-ethyl adjacent to an activating group) is 1. The number of guanidine groups is 1. The van der Waals surface area contributed by atoms with Gasteiger partial charge in [0.05, 0.1) is 13.2 Å². The Morgan fingerprint density at radius 1 is 1.21 bits per heavy atom. The molecule has 0 aromatic heterocycles. The Morgan fingerprint density at radius 2 is 1.97 bits per heavy atom. The number of carbonyl (C=O) groups is 1. The van der Waals surface area contributed by atoms with Crippen molar-refractivity contribution in [3.05, 3.63) is 35.9 Å². The van der Waals surface area contributed by atoms with Gasteiger partial charge in [0, 0.05) is 51.9 Å². The van der Waals surface area contributed by atoms with Gasteiger partial charge >= 0.3 is 0 Å². The highest BCUT2D eigenvalue weighted by molar-refractivity contribution is 5.85. The first-order chi connectivity index (χ1) is 14.2. The maximum Gasteiger partial charge on any atom is 0.244 e. The van der Waals surface area contributed by atoms with E-state index in [9.17, 15) is 4.79 Å². The van der Waals surface area contributed by atoms with Crippen molar-refractivity contribution in [3.63, 3.8) is 0 Å². The largest absolute Gasteiger partial charge is 0.379 e. The molecule has 2 aliphatic heterocycles. The first-order valence-corrected chi connectivity index (χ1v) is 10.9. The highest BCUT2D eigenvalue weighted by Crippen LogP contribution is 2.17. The lowest BCUT2D eigenvalue weighted by Gasteiger charge is -2.32. The quantitative estimate of drug-likeness (QED) is 0.553. The summed E-state index contributed by atoms with van der Waals surface area (Å²) in [6.07, 6.45) is 1.13. The Morgan fingerprint density at radius 3 is 2.66 bits per heavy atom. The molecule has 1 atom stereocenters. The predicted octanol–water partition coefficient (Wildman–Crippen LogP) is 1.41. The molecule has 0 aliphatic carbocycles. The third-order valence-electron chi connectivity index (χ3n) is 5.67. The smallest absolute Gasteiger partial charge is 0.244 e. The van der Waals surface area contributed by atoms with Gasteiger partial charge in [-0.25, -0.2) is 4.99 Å². The fourth-order valence-electron chi connectivity index (χ4n) is 4.02. The average molecular weight is 402 g/mol. The van der Waals surface area contributed by atoms with E-state index in [1.807, 2.05) is 30.0 Å². The van der Waals surface area contributed by atoms with Crippen LogP contribution in [0.25, 0.3) is 0 Å². The van der Waals surface area contributed by atoms with Crippen molar-refractivity contribution in [2.24, 2.45) is 4.99 Å². The van der Waals surface area contributed by atoms with Crippen LogP contribution in [0.5, 0.6) is 0 Å². The molecule has 1 aromatic carbocycles. The lowest BCUT2D eigenvalue weighted by molar-refractivity contribution is -0.130. The van der Waals surface area contributed by atoms with Crippen LogP contribution in [0, 0.1) is 0 Å². The van der Waals surface area contributed by atoms with E-state index in [-0.39, 0.29) is 12.5 Å². The fourth-order valence-corrected chi connectivity index (χ4v) is 4.02. The molecule has 160 valence electrons. The summed E-state index contributed by atoms with van der Waals surface area (Å²) in [5.74, 6) is 0.919. The monoisotopic (exact) mass is 401 g/mol. The molecule has 29 heavy (non-hydrogen) atoms. The molecular weight excluding hydrogens is 366 g/mol. The minimum Gasteiger partial charge on any atom is -0.379 e. The summed E-state index contributed by atoms with van der Waals surface area (Å²) in [5.41, 5.74) is 1.14. The van der Waals surface area contributed by atoms with Crippen LogP contribution in [0.1, 0.15) is 25.8 Å². The summed E-state index contributed by atoms with van der Waals surface area (Å²) in [5, 5.41) is 3.37. The second-order valence-corrected chi connectivity index (χ2v) is 7.60. The van der Waals surface area contributed by atoms with E-state index in [4.69, 9.17) is 4.74 Å². The van der Waals surface area contributed by atoms with Crippen LogP contribution in [0.4, 0.5) is 0 Å². The van der Waals surface area contributed by atoms with Gasteiger partial charge in [-0.3, -0.25) is 9.69 Å². The van der Waals surface area contributed by atoms with Gasteiger partial charge in [0.15, 0.2) is 5.96 Å². The maximum atomic E-state index is 12.8. The Kier molecular flexibility index (Phi) is 8.31. The summed E-state index contributed by atoms with van der Waals surface area (Å²) in [6.45, 7) is 12.0. The molecule has 7 heteroatoms. The lowest BCUT2D eigenvalue weighted by atomic mass is 10.2. The second-order valence-electron chi connectivity index (χ2n) is 7.60. The number of amides is 1. The average Bonchev–Trinajstić information content (AvgIpc) is 3.26. The van der Waals surface area contributed by atoms with E-state index in [0.29, 0.717) is 19.1 Å². The van der Waals surface area contributed by atoms with Crippen molar-refractivity contribution >= 4 is 11.9 Å². The highest BCUT2D eigenvalue weighted by Gasteiger charge is 2.30. The summed E-state index contributed by atoms with van der Waals surface area (Å²) in [7, 11) is 0. The number of nitrogens with one attached hydrogen (secondary N) is 1. The molecule has 2 saturated heterocycles. The van der Waals surface area contributed by atoms with Gasteiger partial charge in [0.2, 0.25) is 5.91 Å². The molecule has 1 aromatic rings. The van der Waals surface area contributed by atoms with Crippen molar-refractivity contribution in [2.45, 2.75) is 32.9 Å². The van der Waals surface area contributed by atoms with Gasteiger partial charge in [0.1, 0.15) is 6.54 Å². The lowest BCUT2D eigenvalue weighted by Crippen LogP contribution is -2.47. The van der Waals surface area contributed by atoms with Crippen LogP contribution >= 0.6 is 0 Å². The van der Waals surface area contributed by atoms with Crippen molar-refractivity contribution < 1.29 is 9.53 Å². The van der Waals surface area contributed by atoms with E-state index < -0.39 is 0 Å². The van der Waals surface area contributed by atoms with Gasteiger partial charge < -0.3 is 19.9 Å². The van der Waals surface area contributed by atoms with Crippen molar-refractivity contribution in [2.75, 3.05) is 59.0 Å². The Labute approximate surface area is 174 Å². The van der Waals surface area contributed by atoms with Crippen LogP contribution in [0.2, 0.25) is 0 Å². The summed E-state index contributed by atoms with van der Waals surface area (Å²) >= 11 is 0. The van der Waals surface area contributed by atoms with Gasteiger partial charge in [0.25, 0.3) is 0 Å². The molecule has 0 saturated carbocycles. The molecule has 0 radical (unpaired) electrons. The normalized spacial score (nSPS) is 20.7. The number of aliphatic imine (C=N–C) groups is 1. The molecule has 7 nitrogen and oxygen atoms in total. The van der Waals surface area contributed by atoms with Crippen molar-refractivity contribution in [3.8, 4) is 0 Å². The molecule has 1 unspecified atom stereocenters. The number of hydrogen-bond acceptors (Lipinski definition) is 4. The van der Waals surface area contributed by atoms with Crippen LogP contribution in [-0.2, 0) is 16.1 Å². The number of hydrogen-bond donors (Lipinski definition) is 1. The SMILES string of the molecule is CCNC(=NCC(=O)N(CC)Cc1ccccc1)N1CCC(N2CCOCC2)C1. The minimum atomic E-state index is 0.0654. The summed E-state index contributed by atoms with van der Waals surface area (Å²) < 4.78 is 5.48.